The van der Waals surface area contributed by atoms with Gasteiger partial charge < -0.3 is 4.42 Å². The molecule has 7 heteroatoms. The number of thioether (sulfide) groups is 1. The molecule has 26 heavy (non-hydrogen) atoms. The van der Waals surface area contributed by atoms with Crippen LogP contribution in [0.1, 0.15) is 23.8 Å². The van der Waals surface area contributed by atoms with Crippen LogP contribution in [-0.2, 0) is 11.8 Å². The maximum Gasteiger partial charge on any atom is 0.295 e. The fourth-order valence-electron chi connectivity index (χ4n) is 3.31. The van der Waals surface area contributed by atoms with Gasteiger partial charge in [0, 0.05) is 7.05 Å². The van der Waals surface area contributed by atoms with Crippen LogP contribution >= 0.6 is 11.8 Å². The first-order valence-corrected chi connectivity index (χ1v) is 9.31. The van der Waals surface area contributed by atoms with Crippen molar-refractivity contribution in [1.29, 1.82) is 0 Å². The number of furan rings is 1. The Morgan fingerprint density at radius 2 is 1.81 bits per heavy atom. The third-order valence-electron chi connectivity index (χ3n) is 4.70. The first kappa shape index (κ1) is 16.8. The monoisotopic (exact) mass is 369 g/mol. The minimum Gasteiger partial charge on any atom is -0.466 e. The zero-order valence-electron chi connectivity index (χ0n) is 14.7. The zero-order valence-corrected chi connectivity index (χ0v) is 15.6. The Labute approximate surface area is 155 Å². The fraction of sp³-hybridized carbons (Fsp3) is 0.263. The number of rotatable bonds is 3. The molecule has 0 spiro atoms. The molecule has 0 saturated carbocycles. The molecular weight excluding hydrogens is 350 g/mol. The van der Waals surface area contributed by atoms with E-state index in [9.17, 15) is 9.59 Å². The SMILES string of the molecule is Cc1c(N2C(=O)C(C)SC2c2ccco2)c(=O)n(-c2ccccc2)n1C. The Balaban J connectivity index is 1.90. The van der Waals surface area contributed by atoms with Crippen LogP contribution in [-0.4, -0.2) is 20.5 Å². The molecule has 3 aromatic rings. The van der Waals surface area contributed by atoms with E-state index in [4.69, 9.17) is 4.42 Å². The van der Waals surface area contributed by atoms with E-state index >= 15 is 0 Å². The lowest BCUT2D eigenvalue weighted by Gasteiger charge is -2.20. The molecule has 1 amide bonds. The normalized spacial score (nSPS) is 20.1. The summed E-state index contributed by atoms with van der Waals surface area (Å²) in [5, 5.41) is -0.584. The molecule has 1 aromatic carbocycles. The largest absolute Gasteiger partial charge is 0.466 e. The van der Waals surface area contributed by atoms with E-state index in [2.05, 4.69) is 0 Å². The van der Waals surface area contributed by atoms with Gasteiger partial charge in [-0.3, -0.25) is 19.2 Å². The predicted octanol–water partition coefficient (Wildman–Crippen LogP) is 3.24. The molecular formula is C19H19N3O3S. The number of hydrogen-bond acceptors (Lipinski definition) is 4. The fourth-order valence-corrected chi connectivity index (χ4v) is 4.52. The van der Waals surface area contributed by atoms with E-state index < -0.39 is 0 Å². The highest BCUT2D eigenvalue weighted by Gasteiger charge is 2.43. The topological polar surface area (TPSA) is 60.4 Å². The van der Waals surface area contributed by atoms with Gasteiger partial charge in [0.1, 0.15) is 16.8 Å². The molecule has 6 nitrogen and oxygen atoms in total. The first-order chi connectivity index (χ1) is 12.5. The number of carbonyl (C=O) groups excluding carboxylic acids is 1. The first-order valence-electron chi connectivity index (χ1n) is 8.36. The molecule has 1 fully saturated rings. The standard InChI is InChI=1S/C19H19N3O3S/c1-12-16(18(24)22(20(12)3)14-8-5-4-6-9-14)21-17(23)13(2)26-19(21)15-10-7-11-25-15/h4-11,13,19H,1-3H3. The van der Waals surface area contributed by atoms with E-state index in [0.717, 1.165) is 11.4 Å². The summed E-state index contributed by atoms with van der Waals surface area (Å²) in [6.07, 6.45) is 1.58. The van der Waals surface area contributed by atoms with Crippen molar-refractivity contribution < 1.29 is 9.21 Å². The average Bonchev–Trinajstić information content (AvgIpc) is 3.31. The lowest BCUT2D eigenvalue weighted by molar-refractivity contribution is -0.117. The van der Waals surface area contributed by atoms with Gasteiger partial charge in [-0.05, 0) is 38.1 Å². The second-order valence-corrected chi connectivity index (χ2v) is 7.69. The van der Waals surface area contributed by atoms with Crippen LogP contribution in [0.3, 0.4) is 0 Å². The molecule has 0 radical (unpaired) electrons. The summed E-state index contributed by atoms with van der Waals surface area (Å²) in [6.45, 7) is 3.72. The van der Waals surface area contributed by atoms with Gasteiger partial charge in [0.05, 0.1) is 22.9 Å². The lowest BCUT2D eigenvalue weighted by Crippen LogP contribution is -2.34. The van der Waals surface area contributed by atoms with Crippen molar-refractivity contribution in [3.05, 3.63) is 70.5 Å². The molecule has 4 rings (SSSR count). The van der Waals surface area contributed by atoms with Gasteiger partial charge in [-0.1, -0.05) is 18.2 Å². The number of amides is 1. The lowest BCUT2D eigenvalue weighted by atomic mass is 10.2. The Morgan fingerprint density at radius 3 is 2.46 bits per heavy atom. The van der Waals surface area contributed by atoms with Crippen LogP contribution in [0.5, 0.6) is 0 Å². The maximum absolute atomic E-state index is 13.3. The number of anilines is 1. The van der Waals surface area contributed by atoms with Gasteiger partial charge in [-0.2, -0.15) is 0 Å². The van der Waals surface area contributed by atoms with E-state index in [0.29, 0.717) is 11.4 Å². The molecule has 1 saturated heterocycles. The molecule has 2 atom stereocenters. The van der Waals surface area contributed by atoms with Crippen molar-refractivity contribution in [2.45, 2.75) is 24.5 Å². The maximum atomic E-state index is 13.3. The van der Waals surface area contributed by atoms with Crippen molar-refractivity contribution >= 4 is 23.4 Å². The molecule has 134 valence electrons. The summed E-state index contributed by atoms with van der Waals surface area (Å²) < 4.78 is 8.91. The molecule has 3 heterocycles. The zero-order chi connectivity index (χ0) is 18.4. The molecule has 1 aliphatic heterocycles. The Morgan fingerprint density at radius 1 is 1.08 bits per heavy atom. The quantitative estimate of drug-likeness (QED) is 0.711. The number of aromatic nitrogens is 2. The molecule has 0 bridgehead atoms. The molecule has 0 aliphatic carbocycles. The van der Waals surface area contributed by atoms with Crippen molar-refractivity contribution in [3.63, 3.8) is 0 Å². The van der Waals surface area contributed by atoms with Gasteiger partial charge in [0.25, 0.3) is 5.56 Å². The average molecular weight is 369 g/mol. The van der Waals surface area contributed by atoms with Crippen molar-refractivity contribution in [1.82, 2.24) is 9.36 Å². The van der Waals surface area contributed by atoms with E-state index in [1.54, 1.807) is 26.6 Å². The van der Waals surface area contributed by atoms with Crippen LogP contribution in [0.2, 0.25) is 0 Å². The van der Waals surface area contributed by atoms with E-state index in [-0.39, 0.29) is 22.1 Å². The smallest absolute Gasteiger partial charge is 0.295 e. The highest BCUT2D eigenvalue weighted by Crippen LogP contribution is 2.45. The van der Waals surface area contributed by atoms with Crippen molar-refractivity contribution in [2.24, 2.45) is 7.05 Å². The molecule has 0 N–H and O–H groups in total. The second kappa shape index (κ2) is 6.25. The van der Waals surface area contributed by atoms with Gasteiger partial charge in [-0.15, -0.1) is 11.8 Å². The summed E-state index contributed by atoms with van der Waals surface area (Å²) in [5.41, 5.74) is 1.69. The molecule has 2 aromatic heterocycles. The van der Waals surface area contributed by atoms with Gasteiger partial charge in [-0.25, -0.2) is 4.68 Å². The second-order valence-electron chi connectivity index (χ2n) is 6.26. The Hall–Kier alpha value is -2.67. The van der Waals surface area contributed by atoms with Crippen LogP contribution in [0.4, 0.5) is 5.69 Å². The van der Waals surface area contributed by atoms with Gasteiger partial charge in [0.15, 0.2) is 0 Å². The number of para-hydroxylation sites is 1. The van der Waals surface area contributed by atoms with Crippen LogP contribution < -0.4 is 10.5 Å². The van der Waals surface area contributed by atoms with E-state index in [1.165, 1.54) is 11.8 Å². The highest BCUT2D eigenvalue weighted by molar-refractivity contribution is 8.01. The van der Waals surface area contributed by atoms with Crippen LogP contribution in [0, 0.1) is 6.92 Å². The predicted molar refractivity (Wildman–Crippen MR) is 102 cm³/mol. The third kappa shape index (κ3) is 2.42. The number of carbonyl (C=O) groups is 1. The number of hydrogen-bond donors (Lipinski definition) is 0. The minimum atomic E-state index is -0.342. The third-order valence-corrected chi connectivity index (χ3v) is 6.01. The Kier molecular flexibility index (Phi) is 4.03. The number of nitrogens with zero attached hydrogens (tertiary/aromatic N) is 3. The summed E-state index contributed by atoms with van der Waals surface area (Å²) in [7, 11) is 1.83. The van der Waals surface area contributed by atoms with Crippen LogP contribution in [0.25, 0.3) is 5.69 Å². The van der Waals surface area contributed by atoms with E-state index in [1.807, 2.05) is 57.3 Å². The van der Waals surface area contributed by atoms with Gasteiger partial charge >= 0.3 is 0 Å². The van der Waals surface area contributed by atoms with Crippen molar-refractivity contribution in [2.75, 3.05) is 4.90 Å². The highest BCUT2D eigenvalue weighted by atomic mass is 32.2. The summed E-state index contributed by atoms with van der Waals surface area (Å²) in [5.74, 6) is 0.587. The van der Waals surface area contributed by atoms with Crippen LogP contribution in [0.15, 0.2) is 57.9 Å². The summed E-state index contributed by atoms with van der Waals surface area (Å²) in [4.78, 5) is 27.7. The minimum absolute atomic E-state index is 0.0811. The summed E-state index contributed by atoms with van der Waals surface area (Å²) in [6, 6.07) is 13.0. The number of benzene rings is 1. The van der Waals surface area contributed by atoms with Gasteiger partial charge in [0.2, 0.25) is 5.91 Å². The summed E-state index contributed by atoms with van der Waals surface area (Å²) >= 11 is 1.49. The Bertz CT molecular complexity index is 1000. The molecule has 1 aliphatic rings. The van der Waals surface area contributed by atoms with Crippen molar-refractivity contribution in [3.8, 4) is 5.69 Å². The molecule has 2 unspecified atom stereocenters.